The van der Waals surface area contributed by atoms with Crippen molar-refractivity contribution < 1.29 is 22.1 Å². The Hall–Kier alpha value is -5.24. The summed E-state index contributed by atoms with van der Waals surface area (Å²) in [7, 11) is 0. The Morgan fingerprint density at radius 2 is 1.79 bits per heavy atom. The van der Waals surface area contributed by atoms with Gasteiger partial charge in [-0.25, -0.2) is 4.79 Å². The lowest BCUT2D eigenvalue weighted by Crippen LogP contribution is -2.16. The number of alkyl halides is 3. The SMILES string of the molecule is N#Cc1cc(C(F)(F)F)ccc1/C(=C(\c1ccc(/C=C/c2noc(=O)[nH]2)cc1)c1ccc2[nH]nc(F)c2c1)C1CCC1. The van der Waals surface area contributed by atoms with E-state index in [1.807, 2.05) is 30.3 Å². The molecular formula is C31H21F4N5O2. The van der Waals surface area contributed by atoms with Crippen molar-refractivity contribution in [3.63, 3.8) is 0 Å². The number of aromatic nitrogens is 4. The van der Waals surface area contributed by atoms with Gasteiger partial charge in [-0.3, -0.25) is 14.6 Å². The van der Waals surface area contributed by atoms with Crippen LogP contribution in [0.25, 0.3) is 34.2 Å². The summed E-state index contributed by atoms with van der Waals surface area (Å²) < 4.78 is 59.6. The van der Waals surface area contributed by atoms with E-state index in [1.54, 1.807) is 30.4 Å². The Labute approximate surface area is 235 Å². The molecule has 1 aliphatic rings. The van der Waals surface area contributed by atoms with E-state index >= 15 is 0 Å². The van der Waals surface area contributed by atoms with Crippen LogP contribution in [0.5, 0.6) is 0 Å². The van der Waals surface area contributed by atoms with Gasteiger partial charge in [0.25, 0.3) is 0 Å². The second-order valence-corrected chi connectivity index (χ2v) is 10.00. The Bertz CT molecular complexity index is 1950. The number of allylic oxidation sites excluding steroid dienone is 1. The average Bonchev–Trinajstić information content (AvgIpc) is 3.55. The van der Waals surface area contributed by atoms with Crippen molar-refractivity contribution in [2.24, 2.45) is 5.92 Å². The van der Waals surface area contributed by atoms with Crippen LogP contribution in [0, 0.1) is 23.2 Å². The number of aromatic amines is 2. The molecule has 6 rings (SSSR count). The first-order valence-corrected chi connectivity index (χ1v) is 13.1. The summed E-state index contributed by atoms with van der Waals surface area (Å²) in [5, 5.41) is 20.1. The summed E-state index contributed by atoms with van der Waals surface area (Å²) in [6.07, 6.45) is 1.23. The number of nitriles is 1. The molecule has 3 aromatic carbocycles. The van der Waals surface area contributed by atoms with Crippen LogP contribution in [0.15, 0.2) is 70.0 Å². The van der Waals surface area contributed by atoms with Gasteiger partial charge in [0.1, 0.15) is 0 Å². The minimum atomic E-state index is -4.60. The molecule has 2 heterocycles. The van der Waals surface area contributed by atoms with E-state index in [1.165, 1.54) is 6.07 Å². The second kappa shape index (κ2) is 10.6. The lowest BCUT2D eigenvalue weighted by atomic mass is 9.72. The van der Waals surface area contributed by atoms with Gasteiger partial charge in [-0.2, -0.15) is 22.8 Å². The predicted molar refractivity (Wildman–Crippen MR) is 148 cm³/mol. The number of nitrogens with zero attached hydrogens (tertiary/aromatic N) is 3. The van der Waals surface area contributed by atoms with Gasteiger partial charge in [-0.05, 0) is 82.5 Å². The molecule has 0 amide bonds. The molecule has 0 unspecified atom stereocenters. The molecule has 1 fully saturated rings. The molecule has 5 aromatic rings. The van der Waals surface area contributed by atoms with Gasteiger partial charge in [-0.15, -0.1) is 5.10 Å². The van der Waals surface area contributed by atoms with Crippen molar-refractivity contribution in [1.82, 2.24) is 20.3 Å². The van der Waals surface area contributed by atoms with Crippen molar-refractivity contribution in [3.05, 3.63) is 116 Å². The summed E-state index contributed by atoms with van der Waals surface area (Å²) in [5.41, 5.74) is 3.50. The minimum absolute atomic E-state index is 0.0164. The summed E-state index contributed by atoms with van der Waals surface area (Å²) in [6.45, 7) is 0. The number of benzene rings is 3. The Kier molecular flexibility index (Phi) is 6.82. The largest absolute Gasteiger partial charge is 0.439 e. The zero-order valence-corrected chi connectivity index (χ0v) is 21.8. The molecule has 0 atom stereocenters. The zero-order valence-electron chi connectivity index (χ0n) is 21.8. The van der Waals surface area contributed by atoms with Crippen molar-refractivity contribution >= 4 is 34.2 Å². The van der Waals surface area contributed by atoms with Gasteiger partial charge in [-0.1, -0.05) is 54.1 Å². The van der Waals surface area contributed by atoms with E-state index in [-0.39, 0.29) is 22.7 Å². The molecule has 0 radical (unpaired) electrons. The van der Waals surface area contributed by atoms with E-state index < -0.39 is 23.4 Å². The maximum atomic E-state index is 14.6. The van der Waals surface area contributed by atoms with E-state index in [4.69, 9.17) is 0 Å². The molecular weight excluding hydrogens is 550 g/mol. The van der Waals surface area contributed by atoms with Gasteiger partial charge in [0, 0.05) is 0 Å². The summed E-state index contributed by atoms with van der Waals surface area (Å²) in [4.78, 5) is 13.6. The maximum Gasteiger partial charge on any atom is 0.439 e. The van der Waals surface area contributed by atoms with Crippen molar-refractivity contribution in [2.75, 3.05) is 0 Å². The van der Waals surface area contributed by atoms with Gasteiger partial charge >= 0.3 is 11.9 Å². The molecule has 0 bridgehead atoms. The third-order valence-electron chi connectivity index (χ3n) is 7.44. The number of hydrogen-bond donors (Lipinski definition) is 2. The normalized spacial score (nSPS) is 14.6. The highest BCUT2D eigenvalue weighted by Gasteiger charge is 2.33. The minimum Gasteiger partial charge on any atom is -0.296 e. The molecule has 2 N–H and O–H groups in total. The second-order valence-electron chi connectivity index (χ2n) is 10.00. The number of rotatable bonds is 6. The fourth-order valence-corrected chi connectivity index (χ4v) is 5.17. The van der Waals surface area contributed by atoms with Gasteiger partial charge in [0.2, 0.25) is 5.95 Å². The van der Waals surface area contributed by atoms with Crippen LogP contribution in [0.4, 0.5) is 17.6 Å². The third kappa shape index (κ3) is 5.14. The van der Waals surface area contributed by atoms with E-state index in [0.29, 0.717) is 22.2 Å². The first-order valence-electron chi connectivity index (χ1n) is 13.1. The van der Waals surface area contributed by atoms with E-state index in [0.717, 1.165) is 48.1 Å². The molecule has 1 saturated carbocycles. The molecule has 1 aliphatic carbocycles. The summed E-state index contributed by atoms with van der Waals surface area (Å²) in [5.74, 6) is -1.11. The molecule has 0 spiro atoms. The molecule has 7 nitrogen and oxygen atoms in total. The quantitative estimate of drug-likeness (QED) is 0.165. The fraction of sp³-hybridized carbons (Fsp3) is 0.161. The molecule has 11 heteroatoms. The Morgan fingerprint density at radius 3 is 2.43 bits per heavy atom. The van der Waals surface area contributed by atoms with E-state index in [2.05, 4.69) is 24.9 Å². The van der Waals surface area contributed by atoms with Crippen LogP contribution in [0.3, 0.4) is 0 Å². The Morgan fingerprint density at radius 1 is 1.02 bits per heavy atom. The maximum absolute atomic E-state index is 14.6. The van der Waals surface area contributed by atoms with Crippen LogP contribution in [-0.4, -0.2) is 20.3 Å². The van der Waals surface area contributed by atoms with Crippen LogP contribution < -0.4 is 5.76 Å². The topological polar surface area (TPSA) is 111 Å². The predicted octanol–water partition coefficient (Wildman–Crippen LogP) is 7.20. The Balaban J connectivity index is 1.56. The number of fused-ring (bicyclic) bond motifs is 1. The van der Waals surface area contributed by atoms with Crippen LogP contribution in [-0.2, 0) is 6.18 Å². The highest BCUT2D eigenvalue weighted by atomic mass is 19.4. The first kappa shape index (κ1) is 27.0. The smallest absolute Gasteiger partial charge is 0.296 e. The summed E-state index contributed by atoms with van der Waals surface area (Å²) in [6, 6.07) is 17.7. The molecule has 42 heavy (non-hydrogen) atoms. The average molecular weight is 572 g/mol. The van der Waals surface area contributed by atoms with Crippen molar-refractivity contribution in [3.8, 4) is 6.07 Å². The van der Waals surface area contributed by atoms with Crippen molar-refractivity contribution in [1.29, 1.82) is 5.26 Å². The number of hydrogen-bond acceptors (Lipinski definition) is 5. The van der Waals surface area contributed by atoms with Gasteiger partial charge in [0.15, 0.2) is 5.82 Å². The monoisotopic (exact) mass is 571 g/mol. The lowest BCUT2D eigenvalue weighted by Gasteiger charge is -2.32. The number of nitrogens with one attached hydrogen (secondary N) is 2. The molecule has 2 aromatic heterocycles. The van der Waals surface area contributed by atoms with Crippen LogP contribution in [0.1, 0.15) is 58.5 Å². The molecule has 210 valence electrons. The zero-order chi connectivity index (χ0) is 29.4. The highest BCUT2D eigenvalue weighted by Crippen LogP contribution is 2.47. The number of halogens is 4. The third-order valence-corrected chi connectivity index (χ3v) is 7.44. The highest BCUT2D eigenvalue weighted by molar-refractivity contribution is 6.02. The lowest BCUT2D eigenvalue weighted by molar-refractivity contribution is -0.137. The fourth-order valence-electron chi connectivity index (χ4n) is 5.17. The first-order chi connectivity index (χ1) is 20.2. The van der Waals surface area contributed by atoms with Crippen LogP contribution in [0.2, 0.25) is 0 Å². The standard InChI is InChI=1S/C31H21F4N5O2/c32-29-24-15-20(9-12-25(24)38-39-29)27(19-7-4-17(5-8-19)6-13-26-37-30(41)42-40-26)28(18-2-1-3-18)23-11-10-22(31(33,34)35)14-21(23)16-36/h4-15,18H,1-3H2,(H,38,39)(H,37,40,41)/b13-6+,28-27+. The van der Waals surface area contributed by atoms with Crippen molar-refractivity contribution in [2.45, 2.75) is 25.4 Å². The number of H-pyrrole nitrogens is 2. The molecule has 0 saturated heterocycles. The molecule has 0 aliphatic heterocycles. The van der Waals surface area contributed by atoms with Gasteiger partial charge < -0.3 is 0 Å². The van der Waals surface area contributed by atoms with Gasteiger partial charge in [0.05, 0.1) is 28.1 Å². The van der Waals surface area contributed by atoms with Crippen LogP contribution >= 0.6 is 0 Å². The van der Waals surface area contributed by atoms with E-state index in [9.17, 15) is 27.6 Å². The summed E-state index contributed by atoms with van der Waals surface area (Å²) >= 11 is 0.